The largest absolute Gasteiger partial charge is 0.349 e. The lowest BCUT2D eigenvalue weighted by atomic mass is 10.3. The molecule has 0 aliphatic heterocycles. The molecule has 16 heavy (non-hydrogen) atoms. The van der Waals surface area contributed by atoms with Gasteiger partial charge in [0.25, 0.3) is 0 Å². The summed E-state index contributed by atoms with van der Waals surface area (Å²) < 4.78 is 25.5. The molecule has 0 unspecified atom stereocenters. The van der Waals surface area contributed by atoms with Gasteiger partial charge in [-0.25, -0.2) is 8.93 Å². The molecule has 0 aromatic heterocycles. The number of nitrogens with one attached hydrogen (secondary N) is 1. The van der Waals surface area contributed by atoms with Gasteiger partial charge in [-0.3, -0.25) is 0 Å². The van der Waals surface area contributed by atoms with E-state index in [0.29, 0.717) is 19.8 Å². The number of hydrogen-bond acceptors (Lipinski definition) is 3. The van der Waals surface area contributed by atoms with E-state index in [2.05, 4.69) is 4.72 Å². The molecule has 0 saturated carbocycles. The van der Waals surface area contributed by atoms with Crippen LogP contribution in [0.1, 0.15) is 41.5 Å². The van der Waals surface area contributed by atoms with Gasteiger partial charge in [0.1, 0.15) is 0 Å². The van der Waals surface area contributed by atoms with Crippen molar-refractivity contribution in [1.82, 2.24) is 4.72 Å². The van der Waals surface area contributed by atoms with Crippen molar-refractivity contribution in [2.24, 2.45) is 0 Å². The molecule has 0 saturated heterocycles. The van der Waals surface area contributed by atoms with Gasteiger partial charge < -0.3 is 9.47 Å². The molecule has 5 heteroatoms. The van der Waals surface area contributed by atoms with Crippen molar-refractivity contribution < 1.29 is 13.7 Å². The molecule has 0 rings (SSSR count). The zero-order chi connectivity index (χ0) is 12.8. The van der Waals surface area contributed by atoms with Gasteiger partial charge in [0.15, 0.2) is 5.79 Å². The number of hydrogen-bond donors (Lipinski definition) is 1. The third kappa shape index (κ3) is 5.94. The molecule has 0 radical (unpaired) electrons. The normalized spacial score (nSPS) is 15.1. The fraction of sp³-hybridized carbons (Fsp3) is 1.00. The van der Waals surface area contributed by atoms with Crippen LogP contribution in [0.25, 0.3) is 0 Å². The molecule has 0 fully saturated rings. The highest BCUT2D eigenvalue weighted by molar-refractivity contribution is 7.84. The smallest absolute Gasteiger partial charge is 0.178 e. The van der Waals surface area contributed by atoms with E-state index >= 15 is 0 Å². The highest BCUT2D eigenvalue weighted by Gasteiger charge is 2.28. The SMILES string of the molecule is CCOC(C)(CN[S@](=O)C(C)(C)C)OCC. The lowest BCUT2D eigenvalue weighted by Crippen LogP contribution is -2.46. The first-order chi connectivity index (χ1) is 7.25. The molecule has 0 spiro atoms. The first kappa shape index (κ1) is 16.0. The maximum absolute atomic E-state index is 11.8. The van der Waals surface area contributed by atoms with Crippen LogP contribution in [-0.4, -0.2) is 34.5 Å². The molecule has 0 amide bonds. The summed E-state index contributed by atoms with van der Waals surface area (Å²) in [4.78, 5) is 0. The van der Waals surface area contributed by atoms with E-state index in [4.69, 9.17) is 9.47 Å². The van der Waals surface area contributed by atoms with Crippen molar-refractivity contribution in [2.45, 2.75) is 52.1 Å². The van der Waals surface area contributed by atoms with Gasteiger partial charge >= 0.3 is 0 Å². The standard InChI is InChI=1S/C11H25NO3S/c1-7-14-11(6,15-8-2)9-12-16(13)10(3,4)5/h12H,7-9H2,1-6H3/t16-/m1/s1. The Labute approximate surface area is 102 Å². The van der Waals surface area contributed by atoms with Gasteiger partial charge in [0, 0.05) is 13.2 Å². The molecule has 0 bridgehead atoms. The van der Waals surface area contributed by atoms with Crippen LogP contribution in [0.3, 0.4) is 0 Å². The quantitative estimate of drug-likeness (QED) is 0.702. The molecular weight excluding hydrogens is 226 g/mol. The van der Waals surface area contributed by atoms with Crippen LogP contribution in [0.15, 0.2) is 0 Å². The second kappa shape index (κ2) is 6.69. The van der Waals surface area contributed by atoms with Crippen molar-refractivity contribution >= 4 is 11.0 Å². The highest BCUT2D eigenvalue weighted by atomic mass is 32.2. The van der Waals surface area contributed by atoms with Crippen LogP contribution in [0.4, 0.5) is 0 Å². The zero-order valence-electron chi connectivity index (χ0n) is 11.3. The van der Waals surface area contributed by atoms with Crippen LogP contribution < -0.4 is 4.72 Å². The molecule has 1 N–H and O–H groups in total. The minimum atomic E-state index is -1.10. The molecule has 4 nitrogen and oxygen atoms in total. The second-order valence-corrected chi connectivity index (χ2v) is 6.75. The third-order valence-corrected chi connectivity index (χ3v) is 3.50. The summed E-state index contributed by atoms with van der Waals surface area (Å²) in [7, 11) is -1.10. The molecule has 98 valence electrons. The van der Waals surface area contributed by atoms with E-state index in [-0.39, 0.29) is 4.75 Å². The summed E-state index contributed by atoms with van der Waals surface area (Å²) in [5, 5.41) is 0. The predicted molar refractivity (Wildman–Crippen MR) is 67.6 cm³/mol. The van der Waals surface area contributed by atoms with Crippen LogP contribution >= 0.6 is 0 Å². The molecule has 1 atom stereocenters. The maximum Gasteiger partial charge on any atom is 0.178 e. The number of ether oxygens (including phenoxy) is 2. The minimum Gasteiger partial charge on any atom is -0.349 e. The van der Waals surface area contributed by atoms with Gasteiger partial charge in [0.2, 0.25) is 0 Å². The molecule has 0 heterocycles. The Bertz CT molecular complexity index is 220. The van der Waals surface area contributed by atoms with E-state index in [1.54, 1.807) is 0 Å². The van der Waals surface area contributed by atoms with Gasteiger partial charge in [-0.05, 0) is 41.5 Å². The summed E-state index contributed by atoms with van der Waals surface area (Å²) in [5.74, 6) is -0.704. The van der Waals surface area contributed by atoms with Crippen molar-refractivity contribution in [3.05, 3.63) is 0 Å². The minimum absolute atomic E-state index is 0.278. The predicted octanol–water partition coefficient (Wildman–Crippen LogP) is 1.83. The Morgan fingerprint density at radius 2 is 1.50 bits per heavy atom. The molecule has 0 aromatic rings. The van der Waals surface area contributed by atoms with E-state index in [1.807, 2.05) is 41.5 Å². The number of rotatable bonds is 7. The first-order valence-corrected chi connectivity index (χ1v) is 6.83. The van der Waals surface area contributed by atoms with Crippen LogP contribution in [0, 0.1) is 0 Å². The summed E-state index contributed by atoms with van der Waals surface area (Å²) in [5.41, 5.74) is 0. The average Bonchev–Trinajstić information content (AvgIpc) is 2.13. The summed E-state index contributed by atoms with van der Waals surface area (Å²) in [6.07, 6.45) is 0. The van der Waals surface area contributed by atoms with Gasteiger partial charge in [-0.1, -0.05) is 0 Å². The first-order valence-electron chi connectivity index (χ1n) is 5.68. The van der Waals surface area contributed by atoms with Crippen molar-refractivity contribution in [1.29, 1.82) is 0 Å². The van der Waals surface area contributed by atoms with Crippen molar-refractivity contribution in [3.63, 3.8) is 0 Å². The fourth-order valence-electron chi connectivity index (χ4n) is 1.17. The Morgan fingerprint density at radius 1 is 1.06 bits per heavy atom. The maximum atomic E-state index is 11.8. The lowest BCUT2D eigenvalue weighted by molar-refractivity contribution is -0.214. The molecule has 0 aliphatic rings. The van der Waals surface area contributed by atoms with Crippen LogP contribution in [0.5, 0.6) is 0 Å². The van der Waals surface area contributed by atoms with Gasteiger partial charge in [0.05, 0.1) is 22.3 Å². The Kier molecular flexibility index (Phi) is 6.70. The molecular formula is C11H25NO3S. The molecule has 0 aliphatic carbocycles. The highest BCUT2D eigenvalue weighted by Crippen LogP contribution is 2.14. The van der Waals surface area contributed by atoms with Crippen molar-refractivity contribution in [2.75, 3.05) is 19.8 Å². The zero-order valence-corrected chi connectivity index (χ0v) is 12.1. The van der Waals surface area contributed by atoms with E-state index < -0.39 is 16.8 Å². The third-order valence-electron chi connectivity index (χ3n) is 1.98. The van der Waals surface area contributed by atoms with E-state index in [1.165, 1.54) is 0 Å². The summed E-state index contributed by atoms with van der Waals surface area (Å²) >= 11 is 0. The average molecular weight is 251 g/mol. The summed E-state index contributed by atoms with van der Waals surface area (Å²) in [6, 6.07) is 0. The van der Waals surface area contributed by atoms with Crippen LogP contribution in [0.2, 0.25) is 0 Å². The van der Waals surface area contributed by atoms with E-state index in [0.717, 1.165) is 0 Å². The summed E-state index contributed by atoms with van der Waals surface area (Å²) in [6.45, 7) is 13.0. The molecule has 0 aromatic carbocycles. The van der Waals surface area contributed by atoms with Gasteiger partial charge in [-0.2, -0.15) is 0 Å². The Balaban J connectivity index is 4.27. The van der Waals surface area contributed by atoms with Gasteiger partial charge in [-0.15, -0.1) is 0 Å². The van der Waals surface area contributed by atoms with Crippen LogP contribution in [-0.2, 0) is 20.5 Å². The Hall–Kier alpha value is 0.0300. The lowest BCUT2D eigenvalue weighted by Gasteiger charge is -2.30. The topological polar surface area (TPSA) is 47.6 Å². The van der Waals surface area contributed by atoms with Crippen molar-refractivity contribution in [3.8, 4) is 0 Å². The Morgan fingerprint density at radius 3 is 1.81 bits per heavy atom. The fourth-order valence-corrected chi connectivity index (χ4v) is 1.99. The monoisotopic (exact) mass is 251 g/mol. The van der Waals surface area contributed by atoms with E-state index in [9.17, 15) is 4.21 Å². The second-order valence-electron chi connectivity index (χ2n) is 4.70.